The Morgan fingerprint density at radius 3 is 2.60 bits per heavy atom. The van der Waals surface area contributed by atoms with Gasteiger partial charge in [-0.05, 0) is 94.3 Å². The molecule has 10 heteroatoms. The molecule has 186 valence electrons. The molecule has 3 aromatic heterocycles. The third kappa shape index (κ3) is 6.61. The first-order chi connectivity index (χ1) is 16.5. The van der Waals surface area contributed by atoms with Crippen LogP contribution in [0.5, 0.6) is 0 Å². The van der Waals surface area contributed by atoms with Gasteiger partial charge in [-0.2, -0.15) is 4.98 Å². The van der Waals surface area contributed by atoms with E-state index in [1.165, 1.54) is 6.92 Å². The van der Waals surface area contributed by atoms with Crippen LogP contribution in [0.2, 0.25) is 5.28 Å². The fourth-order valence-electron chi connectivity index (χ4n) is 3.66. The van der Waals surface area contributed by atoms with Crippen molar-refractivity contribution in [3.8, 4) is 11.8 Å². The van der Waals surface area contributed by atoms with Gasteiger partial charge in [0.05, 0.1) is 6.04 Å². The van der Waals surface area contributed by atoms with Gasteiger partial charge in [0.15, 0.2) is 5.82 Å². The Morgan fingerprint density at radius 2 is 2.00 bits per heavy atom. The lowest BCUT2D eigenvalue weighted by atomic mass is 9.99. The third-order valence-corrected chi connectivity index (χ3v) is 5.42. The number of carbonyl (C=O) groups excluding carboxylic acids is 1. The van der Waals surface area contributed by atoms with E-state index in [0.29, 0.717) is 23.6 Å². The number of alkyl carbamates (subject to hydrolysis) is 1. The van der Waals surface area contributed by atoms with Crippen molar-refractivity contribution in [1.82, 2.24) is 24.9 Å². The number of nitrogens with one attached hydrogen (secondary N) is 2. The van der Waals surface area contributed by atoms with Gasteiger partial charge in [-0.15, -0.1) is 5.10 Å². The van der Waals surface area contributed by atoms with E-state index in [1.807, 2.05) is 19.1 Å². The Morgan fingerprint density at radius 1 is 1.31 bits per heavy atom. The first-order valence-corrected chi connectivity index (χ1v) is 11.6. The first-order valence-electron chi connectivity index (χ1n) is 11.3. The minimum atomic E-state index is -1.34. The molecule has 0 aliphatic rings. The summed E-state index contributed by atoms with van der Waals surface area (Å²) in [5.74, 6) is 6.48. The van der Waals surface area contributed by atoms with Crippen LogP contribution in [0, 0.1) is 18.8 Å². The molecule has 0 unspecified atom stereocenters. The minimum Gasteiger partial charge on any atom is -0.444 e. The number of aryl methyl sites for hydroxylation is 1. The topological polar surface area (TPSA) is 93.4 Å². The lowest BCUT2D eigenvalue weighted by molar-refractivity contribution is 0.0477. The second-order valence-electron chi connectivity index (χ2n) is 9.16. The number of fused-ring (bicyclic) bond motifs is 1. The highest BCUT2D eigenvalue weighted by atomic mass is 35.5. The van der Waals surface area contributed by atoms with Gasteiger partial charge < -0.3 is 15.4 Å². The van der Waals surface area contributed by atoms with Crippen LogP contribution in [-0.2, 0) is 17.7 Å². The number of amides is 1. The molecule has 0 aliphatic carbocycles. The van der Waals surface area contributed by atoms with Crippen LogP contribution in [0.3, 0.4) is 0 Å². The van der Waals surface area contributed by atoms with Crippen LogP contribution in [0.25, 0.3) is 5.52 Å². The highest BCUT2D eigenvalue weighted by Crippen LogP contribution is 2.30. The van der Waals surface area contributed by atoms with Crippen LogP contribution in [-0.4, -0.2) is 43.5 Å². The van der Waals surface area contributed by atoms with Gasteiger partial charge in [0.2, 0.25) is 5.28 Å². The lowest BCUT2D eigenvalue weighted by Gasteiger charge is -2.24. The second-order valence-corrected chi connectivity index (χ2v) is 9.50. The van der Waals surface area contributed by atoms with Crippen molar-refractivity contribution in [2.24, 2.45) is 0 Å². The van der Waals surface area contributed by atoms with Crippen LogP contribution < -0.4 is 10.6 Å². The van der Waals surface area contributed by atoms with Crippen molar-refractivity contribution in [1.29, 1.82) is 0 Å². The number of hydrogen-bond donors (Lipinski definition) is 2. The zero-order chi connectivity index (χ0) is 25.8. The summed E-state index contributed by atoms with van der Waals surface area (Å²) in [6, 6.07) is 2.95. The molecule has 2 atom stereocenters. The van der Waals surface area contributed by atoms with Crippen molar-refractivity contribution in [2.75, 3.05) is 5.32 Å². The van der Waals surface area contributed by atoms with Gasteiger partial charge in [0.25, 0.3) is 0 Å². The van der Waals surface area contributed by atoms with Crippen LogP contribution in [0.15, 0.2) is 24.5 Å². The molecule has 0 spiro atoms. The Balaban J connectivity index is 2.02. The summed E-state index contributed by atoms with van der Waals surface area (Å²) in [6.45, 7) is 10.8. The van der Waals surface area contributed by atoms with Gasteiger partial charge in [-0.25, -0.2) is 13.7 Å². The van der Waals surface area contributed by atoms with E-state index in [1.54, 1.807) is 44.6 Å². The highest BCUT2D eigenvalue weighted by Gasteiger charge is 2.28. The van der Waals surface area contributed by atoms with E-state index in [9.17, 15) is 9.18 Å². The van der Waals surface area contributed by atoms with Gasteiger partial charge >= 0.3 is 6.09 Å². The van der Waals surface area contributed by atoms with E-state index in [2.05, 4.69) is 37.5 Å². The maximum absolute atomic E-state index is 14.6. The maximum atomic E-state index is 14.6. The van der Waals surface area contributed by atoms with E-state index in [4.69, 9.17) is 16.3 Å². The molecule has 0 fully saturated rings. The van der Waals surface area contributed by atoms with Crippen molar-refractivity contribution in [3.05, 3.63) is 52.2 Å². The molecule has 1 amide bonds. The summed E-state index contributed by atoms with van der Waals surface area (Å²) in [4.78, 5) is 20.8. The van der Waals surface area contributed by atoms with E-state index >= 15 is 0 Å². The molecule has 8 nitrogen and oxygen atoms in total. The average Bonchev–Trinajstić information content (AvgIpc) is 3.02. The fourth-order valence-corrected chi connectivity index (χ4v) is 3.82. The smallest absolute Gasteiger partial charge is 0.407 e. The summed E-state index contributed by atoms with van der Waals surface area (Å²) >= 11 is 6.25. The quantitative estimate of drug-likeness (QED) is 0.450. The Labute approximate surface area is 209 Å². The molecule has 3 heterocycles. The predicted octanol–water partition coefficient (Wildman–Crippen LogP) is 4.86. The second kappa shape index (κ2) is 10.9. The first kappa shape index (κ1) is 26.2. The number of anilines is 1. The molecule has 3 aromatic rings. The highest BCUT2D eigenvalue weighted by molar-refractivity contribution is 6.28. The summed E-state index contributed by atoms with van der Waals surface area (Å²) in [5.41, 5.74) is 3.11. The SMILES string of the molecule is CC#Cc1c(C[C@@H](NC(=O)OC(C)(C)C)[C@H](C)F)c(C)c2c(NCc3ccncc3)nc(Cl)nn12. The third-order valence-electron chi connectivity index (χ3n) is 5.26. The number of alkyl halides is 1. The normalized spacial score (nSPS) is 13.0. The van der Waals surface area contributed by atoms with Gasteiger partial charge in [-0.1, -0.05) is 5.92 Å². The van der Waals surface area contributed by atoms with Crippen molar-refractivity contribution in [3.63, 3.8) is 0 Å². The van der Waals surface area contributed by atoms with Crippen molar-refractivity contribution < 1.29 is 13.9 Å². The average molecular weight is 501 g/mol. The van der Waals surface area contributed by atoms with Gasteiger partial charge in [-0.3, -0.25) is 4.98 Å². The number of rotatable bonds is 7. The monoisotopic (exact) mass is 500 g/mol. The molecule has 0 saturated carbocycles. The number of pyridine rings is 1. The maximum Gasteiger partial charge on any atom is 0.407 e. The fraction of sp³-hybridized carbons (Fsp3) is 0.440. The summed E-state index contributed by atoms with van der Waals surface area (Å²) in [7, 11) is 0. The number of aromatic nitrogens is 4. The number of carbonyl (C=O) groups is 1. The summed E-state index contributed by atoms with van der Waals surface area (Å²) in [6.07, 6.45) is 1.58. The largest absolute Gasteiger partial charge is 0.444 e. The molecular formula is C25H30ClFN6O2. The number of ether oxygens (including phenoxy) is 1. The molecular weight excluding hydrogens is 471 g/mol. The standard InChI is InChI=1S/C25H30ClFN6O2/c1-7-8-20-18(13-19(16(3)27)30-24(34)35-25(4,5)6)15(2)21-22(31-23(26)32-33(20)21)29-14-17-9-11-28-12-10-17/h9-12,16,19H,13-14H2,1-6H3,(H,30,34)(H,29,31,32)/t16-,19+/m0/s1. The van der Waals surface area contributed by atoms with E-state index < -0.39 is 23.9 Å². The molecule has 3 rings (SSSR count). The molecule has 0 bridgehead atoms. The molecule has 0 aromatic carbocycles. The Hall–Kier alpha value is -3.38. The molecule has 0 saturated heterocycles. The number of halogens is 2. The molecule has 0 radical (unpaired) electrons. The molecule has 2 N–H and O–H groups in total. The summed E-state index contributed by atoms with van der Waals surface area (Å²) < 4.78 is 21.6. The Bertz CT molecular complexity index is 1260. The predicted molar refractivity (Wildman–Crippen MR) is 134 cm³/mol. The van der Waals surface area contributed by atoms with E-state index in [0.717, 1.165) is 16.7 Å². The number of hydrogen-bond acceptors (Lipinski definition) is 6. The van der Waals surface area contributed by atoms with Crippen molar-refractivity contribution >= 4 is 29.0 Å². The van der Waals surface area contributed by atoms with Gasteiger partial charge in [0.1, 0.15) is 23.0 Å². The lowest BCUT2D eigenvalue weighted by Crippen LogP contribution is -2.44. The minimum absolute atomic E-state index is 0.0396. The number of nitrogens with zero attached hydrogens (tertiary/aromatic N) is 4. The summed E-state index contributed by atoms with van der Waals surface area (Å²) in [5, 5.41) is 10.4. The van der Waals surface area contributed by atoms with Crippen LogP contribution in [0.1, 0.15) is 57.0 Å². The molecule has 0 aliphatic heterocycles. The van der Waals surface area contributed by atoms with Gasteiger partial charge in [0, 0.05) is 18.9 Å². The van der Waals surface area contributed by atoms with E-state index in [-0.39, 0.29) is 11.7 Å². The molecule has 35 heavy (non-hydrogen) atoms. The Kier molecular flexibility index (Phi) is 8.18. The zero-order valence-electron chi connectivity index (χ0n) is 20.7. The van der Waals surface area contributed by atoms with Crippen molar-refractivity contribution in [2.45, 2.75) is 72.3 Å². The van der Waals surface area contributed by atoms with Crippen LogP contribution in [0.4, 0.5) is 15.0 Å². The zero-order valence-corrected chi connectivity index (χ0v) is 21.5. The van der Waals surface area contributed by atoms with Crippen LogP contribution >= 0.6 is 11.6 Å².